The Morgan fingerprint density at radius 3 is 2.62 bits per heavy atom. The van der Waals surface area contributed by atoms with Crippen LogP contribution >= 0.6 is 0 Å². The van der Waals surface area contributed by atoms with Crippen molar-refractivity contribution in [2.75, 3.05) is 6.54 Å². The molecular weight excluding hydrogens is 374 g/mol. The number of carbonyl (C=O) groups is 1. The molecule has 0 radical (unpaired) electrons. The average Bonchev–Trinajstić information content (AvgIpc) is 2.95. The third-order valence-corrected chi connectivity index (χ3v) is 5.18. The van der Waals surface area contributed by atoms with Crippen molar-refractivity contribution in [3.63, 3.8) is 0 Å². The van der Waals surface area contributed by atoms with E-state index < -0.39 is 30.1 Å². The summed E-state index contributed by atoms with van der Waals surface area (Å²) in [6.07, 6.45) is -0.0910. The van der Waals surface area contributed by atoms with E-state index >= 15 is 0 Å². The number of benzene rings is 1. The molecule has 1 aliphatic rings. The van der Waals surface area contributed by atoms with E-state index in [-0.39, 0.29) is 12.4 Å². The molecule has 0 saturated carbocycles. The van der Waals surface area contributed by atoms with Crippen molar-refractivity contribution in [3.05, 3.63) is 30.0 Å². The van der Waals surface area contributed by atoms with E-state index in [1.165, 1.54) is 4.90 Å². The number of aliphatic hydroxyl groups excluding tert-OH is 2. The van der Waals surface area contributed by atoms with Crippen LogP contribution in [0.2, 0.25) is 0 Å². The number of hydrogen-bond donors (Lipinski definition) is 5. The minimum absolute atomic E-state index is 0.0211. The topological polar surface area (TPSA) is 118 Å². The summed E-state index contributed by atoms with van der Waals surface area (Å²) in [5.74, 6) is 5.94. The Labute approximate surface area is 169 Å². The predicted molar refractivity (Wildman–Crippen MR) is 108 cm³/mol. The number of aromatic nitrogens is 1. The average molecular weight is 401 g/mol. The molecule has 29 heavy (non-hydrogen) atoms. The SMILES string of the molecule is CC(C)(C)N(CC#Cc1cccc2c(O)n(C3CCC(O)NC3O)cc12)C(=O)O. The quantitative estimate of drug-likeness (QED) is 0.492. The highest BCUT2D eigenvalue weighted by molar-refractivity contribution is 5.92. The van der Waals surface area contributed by atoms with Crippen LogP contribution in [0.5, 0.6) is 5.88 Å². The first-order chi connectivity index (χ1) is 13.6. The van der Waals surface area contributed by atoms with Crippen molar-refractivity contribution in [1.29, 1.82) is 0 Å². The molecule has 8 heteroatoms. The summed E-state index contributed by atoms with van der Waals surface area (Å²) in [5.41, 5.74) is 0.0945. The van der Waals surface area contributed by atoms with Gasteiger partial charge in [0.2, 0.25) is 0 Å². The fraction of sp³-hybridized carbons (Fsp3) is 0.476. The number of rotatable bonds is 2. The maximum atomic E-state index is 11.5. The summed E-state index contributed by atoms with van der Waals surface area (Å²) in [4.78, 5) is 12.7. The number of aromatic hydroxyl groups is 1. The van der Waals surface area contributed by atoms with E-state index in [1.807, 2.05) is 20.8 Å². The van der Waals surface area contributed by atoms with Crippen LogP contribution in [0.4, 0.5) is 4.79 Å². The summed E-state index contributed by atoms with van der Waals surface area (Å²) in [6.45, 7) is 5.48. The second kappa shape index (κ2) is 7.95. The normalized spacial score (nSPS) is 22.2. The van der Waals surface area contributed by atoms with Crippen LogP contribution in [-0.2, 0) is 0 Å². The molecule has 1 fully saturated rings. The Morgan fingerprint density at radius 2 is 2.00 bits per heavy atom. The highest BCUT2D eigenvalue weighted by atomic mass is 16.4. The number of nitrogens with zero attached hydrogens (tertiary/aromatic N) is 2. The van der Waals surface area contributed by atoms with Gasteiger partial charge in [-0.1, -0.05) is 17.9 Å². The second-order valence-corrected chi connectivity index (χ2v) is 8.24. The van der Waals surface area contributed by atoms with Crippen molar-refractivity contribution < 1.29 is 25.2 Å². The smallest absolute Gasteiger partial charge is 0.408 e. The van der Waals surface area contributed by atoms with Gasteiger partial charge in [0.05, 0.1) is 12.6 Å². The van der Waals surface area contributed by atoms with Crippen LogP contribution in [0.25, 0.3) is 10.8 Å². The van der Waals surface area contributed by atoms with Gasteiger partial charge < -0.3 is 25.0 Å². The highest BCUT2D eigenvalue weighted by Crippen LogP contribution is 2.35. The van der Waals surface area contributed by atoms with E-state index in [0.29, 0.717) is 29.2 Å². The van der Waals surface area contributed by atoms with Gasteiger partial charge in [-0.15, -0.1) is 0 Å². The Kier molecular flexibility index (Phi) is 5.75. The number of fused-ring (bicyclic) bond motifs is 1. The number of amides is 1. The summed E-state index contributed by atoms with van der Waals surface area (Å²) < 4.78 is 1.60. The molecule has 3 atom stereocenters. The third-order valence-electron chi connectivity index (χ3n) is 5.18. The van der Waals surface area contributed by atoms with Crippen LogP contribution in [0.15, 0.2) is 24.4 Å². The van der Waals surface area contributed by atoms with Gasteiger partial charge >= 0.3 is 6.09 Å². The Hall–Kier alpha value is -2.73. The van der Waals surface area contributed by atoms with Gasteiger partial charge in [-0.05, 0) is 45.7 Å². The fourth-order valence-corrected chi connectivity index (χ4v) is 3.58. The second-order valence-electron chi connectivity index (χ2n) is 8.24. The molecule has 1 saturated heterocycles. The van der Waals surface area contributed by atoms with Gasteiger partial charge in [0.25, 0.3) is 0 Å². The zero-order chi connectivity index (χ0) is 21.3. The standard InChI is InChI=1S/C21H27N3O5/c1-21(2,3)24(20(28)29)11-5-7-13-6-4-8-14-15(13)12-23(19(14)27)16-9-10-17(25)22-18(16)26/h4,6,8,12,16-18,22,25-27H,9-11H2,1-3H3,(H,28,29). The maximum Gasteiger partial charge on any atom is 0.408 e. The summed E-state index contributed by atoms with van der Waals surface area (Å²) in [5, 5.41) is 43.9. The summed E-state index contributed by atoms with van der Waals surface area (Å²) >= 11 is 0. The lowest BCUT2D eigenvalue weighted by Crippen LogP contribution is -2.47. The molecule has 1 aromatic carbocycles. The maximum absolute atomic E-state index is 11.5. The van der Waals surface area contributed by atoms with Crippen molar-refractivity contribution in [3.8, 4) is 17.7 Å². The Morgan fingerprint density at radius 1 is 1.28 bits per heavy atom. The van der Waals surface area contributed by atoms with Gasteiger partial charge in [-0.3, -0.25) is 10.2 Å². The number of hydrogen-bond acceptors (Lipinski definition) is 5. The molecule has 0 bridgehead atoms. The molecule has 3 unspecified atom stereocenters. The predicted octanol–water partition coefficient (Wildman–Crippen LogP) is 2.04. The minimum Gasteiger partial charge on any atom is -0.494 e. The molecule has 0 aliphatic carbocycles. The molecular formula is C21H27N3O5. The third kappa shape index (κ3) is 4.32. The van der Waals surface area contributed by atoms with Gasteiger partial charge in [-0.2, -0.15) is 0 Å². The number of nitrogens with one attached hydrogen (secondary N) is 1. The van der Waals surface area contributed by atoms with Gasteiger partial charge in [0.15, 0.2) is 5.88 Å². The van der Waals surface area contributed by atoms with E-state index in [4.69, 9.17) is 0 Å². The Balaban J connectivity index is 1.93. The zero-order valence-electron chi connectivity index (χ0n) is 16.8. The molecule has 1 aromatic heterocycles. The summed E-state index contributed by atoms with van der Waals surface area (Å²) in [7, 11) is 0. The molecule has 3 rings (SSSR count). The van der Waals surface area contributed by atoms with Crippen molar-refractivity contribution in [1.82, 2.24) is 14.8 Å². The van der Waals surface area contributed by atoms with Crippen LogP contribution < -0.4 is 5.32 Å². The van der Waals surface area contributed by atoms with E-state index in [9.17, 15) is 25.2 Å². The molecule has 2 aromatic rings. The van der Waals surface area contributed by atoms with Crippen LogP contribution in [0, 0.1) is 11.8 Å². The molecule has 156 valence electrons. The molecule has 1 aliphatic heterocycles. The van der Waals surface area contributed by atoms with Crippen molar-refractivity contribution >= 4 is 16.9 Å². The van der Waals surface area contributed by atoms with Crippen LogP contribution in [0.1, 0.15) is 45.2 Å². The van der Waals surface area contributed by atoms with Crippen molar-refractivity contribution in [2.24, 2.45) is 0 Å². The van der Waals surface area contributed by atoms with E-state index in [2.05, 4.69) is 17.2 Å². The van der Waals surface area contributed by atoms with Crippen LogP contribution in [0.3, 0.4) is 0 Å². The zero-order valence-corrected chi connectivity index (χ0v) is 16.8. The van der Waals surface area contributed by atoms with Gasteiger partial charge in [0, 0.05) is 28.1 Å². The number of aliphatic hydroxyl groups is 2. The van der Waals surface area contributed by atoms with Crippen LogP contribution in [-0.4, -0.2) is 60.5 Å². The number of piperidine rings is 1. The largest absolute Gasteiger partial charge is 0.494 e. The van der Waals surface area contributed by atoms with Gasteiger partial charge in [0.1, 0.15) is 12.5 Å². The molecule has 5 N–H and O–H groups in total. The first-order valence-electron chi connectivity index (χ1n) is 9.53. The minimum atomic E-state index is -1.03. The van der Waals surface area contributed by atoms with Crippen molar-refractivity contribution in [2.45, 2.75) is 57.6 Å². The first kappa shape index (κ1) is 21.0. The molecule has 1 amide bonds. The lowest BCUT2D eigenvalue weighted by molar-refractivity contribution is -0.0290. The first-order valence-corrected chi connectivity index (χ1v) is 9.53. The Bertz CT molecular complexity index is 966. The number of carboxylic acid groups (broad SMARTS) is 1. The lowest BCUT2D eigenvalue weighted by Gasteiger charge is -2.33. The molecule has 8 nitrogen and oxygen atoms in total. The molecule has 0 spiro atoms. The summed E-state index contributed by atoms with van der Waals surface area (Å²) in [6, 6.07) is 4.92. The van der Waals surface area contributed by atoms with E-state index in [1.54, 1.807) is 29.0 Å². The monoisotopic (exact) mass is 401 g/mol. The lowest BCUT2D eigenvalue weighted by atomic mass is 10.0. The van der Waals surface area contributed by atoms with E-state index in [0.717, 1.165) is 0 Å². The molecule has 2 heterocycles. The highest BCUT2D eigenvalue weighted by Gasteiger charge is 2.30. The van der Waals surface area contributed by atoms with Gasteiger partial charge in [-0.25, -0.2) is 4.79 Å². The fourth-order valence-electron chi connectivity index (χ4n) is 3.58.